The number of carbonyl (C=O) groups is 4. The summed E-state index contributed by atoms with van der Waals surface area (Å²) in [6, 6.07) is 11.8. The number of fused-ring (bicyclic) bond motifs is 6. The Morgan fingerprint density at radius 3 is 2.14 bits per heavy atom. The van der Waals surface area contributed by atoms with Crippen LogP contribution in [-0.2, 0) is 39.9 Å². The van der Waals surface area contributed by atoms with Crippen LogP contribution < -0.4 is 15.4 Å². The third kappa shape index (κ3) is 8.44. The molecular formula is C46H56N8O10. The molecule has 3 aliphatic heterocycles. The monoisotopic (exact) mass is 880 g/mol. The van der Waals surface area contributed by atoms with Crippen molar-refractivity contribution in [1.29, 1.82) is 0 Å². The van der Waals surface area contributed by atoms with E-state index in [4.69, 9.17) is 38.4 Å². The minimum Gasteiger partial charge on any atom is -0.488 e. The number of H-pyrrole nitrogens is 2. The minimum atomic E-state index is -0.974. The number of ether oxygens (including phenoxy) is 6. The Morgan fingerprint density at radius 1 is 0.812 bits per heavy atom. The molecule has 5 heterocycles. The molecule has 340 valence electrons. The molecule has 18 nitrogen and oxygen atoms in total. The Balaban J connectivity index is 1.05. The molecule has 18 heteroatoms. The largest absolute Gasteiger partial charge is 0.488 e. The van der Waals surface area contributed by atoms with Gasteiger partial charge in [-0.15, -0.1) is 0 Å². The molecule has 0 saturated carbocycles. The van der Waals surface area contributed by atoms with Crippen LogP contribution in [0.5, 0.6) is 5.75 Å². The number of methoxy groups -OCH3 is 5. The highest BCUT2D eigenvalue weighted by Crippen LogP contribution is 2.44. The number of likely N-dealkylation sites (tertiary alicyclic amines) is 2. The Kier molecular flexibility index (Phi) is 12.8. The van der Waals surface area contributed by atoms with Gasteiger partial charge in [0.1, 0.15) is 36.1 Å². The fourth-order valence-corrected chi connectivity index (χ4v) is 9.38. The first-order valence-corrected chi connectivity index (χ1v) is 21.5. The molecule has 8 atom stereocenters. The third-order valence-electron chi connectivity index (χ3n) is 12.9. The molecular weight excluding hydrogens is 825 g/mol. The number of alkyl carbamates (subject to hydrolysis) is 2. The van der Waals surface area contributed by atoms with Gasteiger partial charge in [0.25, 0.3) is 0 Å². The molecule has 3 aromatic carbocycles. The number of rotatable bonds is 13. The quantitative estimate of drug-likeness (QED) is 0.113. The molecule has 4 amide bonds. The Hall–Kier alpha value is -6.24. The van der Waals surface area contributed by atoms with E-state index in [-0.39, 0.29) is 29.7 Å². The zero-order chi connectivity index (χ0) is 45.4. The Morgan fingerprint density at radius 2 is 1.48 bits per heavy atom. The topological polar surface area (TPSA) is 212 Å². The molecule has 0 bridgehead atoms. The summed E-state index contributed by atoms with van der Waals surface area (Å²) < 4.78 is 32.5. The van der Waals surface area contributed by atoms with E-state index in [1.807, 2.05) is 12.1 Å². The van der Waals surface area contributed by atoms with Crippen LogP contribution in [0.4, 0.5) is 9.59 Å². The van der Waals surface area contributed by atoms with Crippen molar-refractivity contribution in [2.45, 2.75) is 76.6 Å². The number of aromatic amines is 2. The number of hydrogen-bond donors (Lipinski definition) is 4. The number of imidazole rings is 2. The van der Waals surface area contributed by atoms with Crippen LogP contribution in [0, 0.1) is 11.8 Å². The lowest BCUT2D eigenvalue weighted by atomic mass is 9.92. The standard InChI is InChI=1S/C46H56N8O10/c1-23-13-35(53(19-23)43(55)38(24(2)60-5)51-45(57)62-7)41-47-18-34(49-41)28-9-11-30-29(15-28)22-64-37-17-31-27(16-32(30)37)10-12-33-40(31)50-42(48-33)36-14-26(21-59-4)20-54(36)44(56)39(25(3)61-6)52-46(58)63-8/h9-12,15-18,23-26,35-36,38-39H,13-14,19-22H2,1-8H3,(H,47,49)(H,48,50)(H,51,57)(H,52,58). The second-order valence-electron chi connectivity index (χ2n) is 17.0. The van der Waals surface area contributed by atoms with Gasteiger partial charge in [0.15, 0.2) is 0 Å². The summed E-state index contributed by atoms with van der Waals surface area (Å²) in [6.07, 6.45) is 0.480. The van der Waals surface area contributed by atoms with Crippen LogP contribution >= 0.6 is 0 Å². The maximum Gasteiger partial charge on any atom is 0.407 e. The summed E-state index contributed by atoms with van der Waals surface area (Å²) in [5, 5.41) is 7.18. The normalized spacial score (nSPS) is 21.1. The molecule has 5 aromatic rings. The summed E-state index contributed by atoms with van der Waals surface area (Å²) in [4.78, 5) is 72.8. The molecule has 2 aromatic heterocycles. The molecule has 3 aliphatic rings. The van der Waals surface area contributed by atoms with Crippen LogP contribution in [-0.4, -0.2) is 133 Å². The molecule has 4 N–H and O–H groups in total. The van der Waals surface area contributed by atoms with E-state index in [0.717, 1.165) is 55.5 Å². The number of amides is 4. The molecule has 0 spiro atoms. The van der Waals surface area contributed by atoms with E-state index >= 15 is 0 Å². The van der Waals surface area contributed by atoms with E-state index in [1.165, 1.54) is 28.4 Å². The highest BCUT2D eigenvalue weighted by atomic mass is 16.5. The lowest BCUT2D eigenvalue weighted by Crippen LogP contribution is -2.54. The predicted molar refractivity (Wildman–Crippen MR) is 235 cm³/mol. The van der Waals surface area contributed by atoms with Crippen LogP contribution in [0.3, 0.4) is 0 Å². The molecule has 64 heavy (non-hydrogen) atoms. The van der Waals surface area contributed by atoms with Gasteiger partial charge in [-0.25, -0.2) is 19.6 Å². The highest BCUT2D eigenvalue weighted by Gasteiger charge is 2.43. The van der Waals surface area contributed by atoms with Gasteiger partial charge < -0.3 is 58.8 Å². The van der Waals surface area contributed by atoms with Gasteiger partial charge in [-0.1, -0.05) is 25.1 Å². The van der Waals surface area contributed by atoms with Gasteiger partial charge in [-0.3, -0.25) is 9.59 Å². The first-order chi connectivity index (χ1) is 30.8. The van der Waals surface area contributed by atoms with Crippen molar-refractivity contribution < 1.29 is 47.6 Å². The number of carbonyl (C=O) groups excluding carboxylic acids is 4. The van der Waals surface area contributed by atoms with Crippen LogP contribution in [0.2, 0.25) is 0 Å². The maximum absolute atomic E-state index is 14.1. The van der Waals surface area contributed by atoms with E-state index in [9.17, 15) is 19.2 Å². The summed E-state index contributed by atoms with van der Waals surface area (Å²) in [5.74, 6) is 1.73. The average molecular weight is 881 g/mol. The zero-order valence-electron chi connectivity index (χ0n) is 37.4. The molecule has 2 saturated heterocycles. The van der Waals surface area contributed by atoms with Crippen molar-refractivity contribution in [1.82, 2.24) is 40.4 Å². The van der Waals surface area contributed by atoms with Crippen molar-refractivity contribution in [2.24, 2.45) is 11.8 Å². The summed E-state index contributed by atoms with van der Waals surface area (Å²) in [6.45, 7) is 7.29. The van der Waals surface area contributed by atoms with Gasteiger partial charge in [0, 0.05) is 51.3 Å². The maximum atomic E-state index is 14.1. The Bertz CT molecular complexity index is 2560. The van der Waals surface area contributed by atoms with Gasteiger partial charge in [0.05, 0.1) is 68.0 Å². The van der Waals surface area contributed by atoms with Gasteiger partial charge >= 0.3 is 12.2 Å². The SMILES string of the molecule is COCC1CC(c2nc3c(ccc4cc5c(cc43)OCc3cc(-c4cnc(C6CC(C)CN6C(=O)C(NC(=O)OC)C(C)OC)[nH]4)ccc3-5)[nH]2)N(C(=O)C(NC(=O)OC)C(C)OC)C1. The summed E-state index contributed by atoms with van der Waals surface area (Å²) in [5.41, 5.74) is 6.33. The van der Waals surface area contributed by atoms with Gasteiger partial charge in [0.2, 0.25) is 11.8 Å². The first-order valence-electron chi connectivity index (χ1n) is 21.5. The number of benzene rings is 3. The fourth-order valence-electron chi connectivity index (χ4n) is 9.38. The third-order valence-corrected chi connectivity index (χ3v) is 12.9. The molecule has 2 fully saturated rings. The van der Waals surface area contributed by atoms with Crippen molar-refractivity contribution in [3.8, 4) is 28.1 Å². The summed E-state index contributed by atoms with van der Waals surface area (Å²) in [7, 11) is 7.14. The van der Waals surface area contributed by atoms with E-state index in [0.29, 0.717) is 50.8 Å². The van der Waals surface area contributed by atoms with Gasteiger partial charge in [-0.05, 0) is 78.9 Å². The predicted octanol–water partition coefficient (Wildman–Crippen LogP) is 5.63. The van der Waals surface area contributed by atoms with Gasteiger partial charge in [-0.2, -0.15) is 0 Å². The molecule has 0 radical (unpaired) electrons. The van der Waals surface area contributed by atoms with Crippen LogP contribution in [0.25, 0.3) is 44.2 Å². The van der Waals surface area contributed by atoms with E-state index in [1.54, 1.807) is 37.0 Å². The second-order valence-corrected chi connectivity index (χ2v) is 17.0. The molecule has 0 aliphatic carbocycles. The highest BCUT2D eigenvalue weighted by molar-refractivity contribution is 6.07. The molecule has 8 rings (SSSR count). The zero-order valence-corrected chi connectivity index (χ0v) is 37.4. The second kappa shape index (κ2) is 18.5. The van der Waals surface area contributed by atoms with Crippen LogP contribution in [0.15, 0.2) is 48.7 Å². The van der Waals surface area contributed by atoms with Crippen molar-refractivity contribution in [3.05, 3.63) is 65.9 Å². The number of aromatic nitrogens is 4. The number of hydrogen-bond acceptors (Lipinski definition) is 12. The number of nitrogens with zero attached hydrogens (tertiary/aromatic N) is 4. The fraction of sp³-hybridized carbons (Fsp3) is 0.478. The van der Waals surface area contributed by atoms with Crippen molar-refractivity contribution >= 4 is 45.8 Å². The average Bonchev–Trinajstić information content (AvgIpc) is 4.14. The first kappa shape index (κ1) is 44.4. The lowest BCUT2D eigenvalue weighted by molar-refractivity contribution is -0.138. The smallest absolute Gasteiger partial charge is 0.407 e. The van der Waals surface area contributed by atoms with E-state index in [2.05, 4.69) is 57.9 Å². The lowest BCUT2D eigenvalue weighted by Gasteiger charge is -2.30. The van der Waals surface area contributed by atoms with Crippen molar-refractivity contribution in [2.75, 3.05) is 55.2 Å². The number of nitrogens with one attached hydrogen (secondary N) is 4. The molecule has 8 unspecified atom stereocenters. The Labute approximate surface area is 370 Å². The van der Waals surface area contributed by atoms with E-state index < -0.39 is 42.5 Å². The summed E-state index contributed by atoms with van der Waals surface area (Å²) >= 11 is 0. The van der Waals surface area contributed by atoms with Crippen molar-refractivity contribution in [3.63, 3.8) is 0 Å². The van der Waals surface area contributed by atoms with Crippen LogP contribution in [0.1, 0.15) is 62.9 Å². The minimum absolute atomic E-state index is 0.0514.